The van der Waals surface area contributed by atoms with Crippen LogP contribution in [0.2, 0.25) is 0 Å². The maximum absolute atomic E-state index is 11.5. The Morgan fingerprint density at radius 1 is 1.52 bits per heavy atom. The van der Waals surface area contributed by atoms with Gasteiger partial charge in [-0.3, -0.25) is 10.2 Å². The Balaban J connectivity index is -0.000000960. The lowest BCUT2D eigenvalue weighted by Crippen LogP contribution is -2.18. The number of nitrogens with zero attached hydrogens (tertiary/aromatic N) is 1. The van der Waals surface area contributed by atoms with E-state index in [-0.39, 0.29) is 26.2 Å². The van der Waals surface area contributed by atoms with Gasteiger partial charge in [-0.25, -0.2) is 0 Å². The zero-order valence-corrected chi connectivity index (χ0v) is 13.2. The zero-order chi connectivity index (χ0) is 16.4. The molecule has 5 heteroatoms. The molecule has 0 aromatic carbocycles. The average molecular weight is 294 g/mol. The van der Waals surface area contributed by atoms with Crippen LogP contribution in [0, 0.1) is 11.3 Å². The predicted octanol–water partition coefficient (Wildman–Crippen LogP) is 3.40. The van der Waals surface area contributed by atoms with Crippen molar-refractivity contribution < 1.29 is 7.65 Å². The van der Waals surface area contributed by atoms with Crippen LogP contribution in [0.1, 0.15) is 42.9 Å². The molecule has 0 aliphatic heterocycles. The SMILES string of the molecule is C=CNC(=C)C(=N)/C(=C\C(N)=NC(=O)C1CC1)CC.CC.[HH].[HH]. The first kappa shape index (κ1) is 18.8. The second-order valence-electron chi connectivity index (χ2n) is 4.37. The molecule has 0 atom stereocenters. The number of rotatable bonds is 7. The largest absolute Gasteiger partial charge is 0.384 e. The molecule has 0 unspecified atom stereocenters. The summed E-state index contributed by atoms with van der Waals surface area (Å²) in [6, 6.07) is 0. The van der Waals surface area contributed by atoms with Crippen molar-refractivity contribution in [3.05, 3.63) is 36.7 Å². The summed E-state index contributed by atoms with van der Waals surface area (Å²) in [5.74, 6) is 0.0255. The van der Waals surface area contributed by atoms with Crippen molar-refractivity contribution in [2.24, 2.45) is 16.6 Å². The highest BCUT2D eigenvalue weighted by Gasteiger charge is 2.29. The zero-order valence-electron chi connectivity index (χ0n) is 13.2. The minimum absolute atomic E-state index is 0. The van der Waals surface area contributed by atoms with E-state index in [1.807, 2.05) is 20.8 Å². The van der Waals surface area contributed by atoms with E-state index in [2.05, 4.69) is 23.5 Å². The molecule has 21 heavy (non-hydrogen) atoms. The van der Waals surface area contributed by atoms with E-state index in [0.717, 1.165) is 12.8 Å². The number of hydrogen-bond donors (Lipinski definition) is 3. The highest BCUT2D eigenvalue weighted by atomic mass is 16.1. The van der Waals surface area contributed by atoms with E-state index in [0.29, 0.717) is 17.7 Å². The van der Waals surface area contributed by atoms with Gasteiger partial charge >= 0.3 is 0 Å². The number of hydrogen-bond acceptors (Lipinski definition) is 3. The molecular weight excluding hydrogens is 264 g/mol. The maximum atomic E-state index is 11.5. The van der Waals surface area contributed by atoms with Crippen LogP contribution in [0.15, 0.2) is 41.7 Å². The molecule has 0 bridgehead atoms. The molecule has 0 aromatic rings. The van der Waals surface area contributed by atoms with Crippen LogP contribution in [0.3, 0.4) is 0 Å². The second kappa shape index (κ2) is 9.69. The number of amides is 1. The molecule has 1 amide bonds. The number of nitrogens with two attached hydrogens (primary N) is 1. The topological polar surface area (TPSA) is 91.3 Å². The second-order valence-corrected chi connectivity index (χ2v) is 4.37. The average Bonchev–Trinajstić information content (AvgIpc) is 3.31. The molecular formula is C16H30N4O. The molecule has 1 fully saturated rings. The van der Waals surface area contributed by atoms with Crippen LogP contribution in [0.5, 0.6) is 0 Å². The van der Waals surface area contributed by atoms with Crippen LogP contribution in [0.4, 0.5) is 0 Å². The van der Waals surface area contributed by atoms with Crippen molar-refractivity contribution in [2.75, 3.05) is 0 Å². The fourth-order valence-corrected chi connectivity index (χ4v) is 1.50. The highest BCUT2D eigenvalue weighted by Crippen LogP contribution is 2.30. The highest BCUT2D eigenvalue weighted by molar-refractivity contribution is 6.14. The summed E-state index contributed by atoms with van der Waals surface area (Å²) < 4.78 is 0. The standard InChI is InChI=1S/C14H20N4O.C2H6.2H2/c1-4-10(13(16)9(3)17-5-2)8-12(15)18-14(19)11-6-7-11;1-2;;/h5,8,11,16-17H,2-4,6-7H2,1H3,(H2,15,18,19);1-2H3;2*1H/b10-8-,16-13?;;;. The molecule has 0 heterocycles. The van der Waals surface area contributed by atoms with Gasteiger partial charge in [0.1, 0.15) is 5.84 Å². The van der Waals surface area contributed by atoms with Gasteiger partial charge in [0.15, 0.2) is 0 Å². The van der Waals surface area contributed by atoms with E-state index >= 15 is 0 Å². The Morgan fingerprint density at radius 2 is 2.10 bits per heavy atom. The van der Waals surface area contributed by atoms with Crippen LogP contribution in [-0.4, -0.2) is 17.5 Å². The third-order valence-corrected chi connectivity index (χ3v) is 2.77. The fourth-order valence-electron chi connectivity index (χ4n) is 1.50. The minimum Gasteiger partial charge on any atom is -0.384 e. The van der Waals surface area contributed by atoms with Crippen molar-refractivity contribution in [1.29, 1.82) is 5.41 Å². The van der Waals surface area contributed by atoms with Crippen molar-refractivity contribution in [1.82, 2.24) is 5.32 Å². The molecule has 1 aliphatic rings. The summed E-state index contributed by atoms with van der Waals surface area (Å²) in [6.45, 7) is 13.1. The Morgan fingerprint density at radius 3 is 2.52 bits per heavy atom. The number of nitrogens with one attached hydrogen (secondary N) is 2. The van der Waals surface area contributed by atoms with Gasteiger partial charge in [-0.2, -0.15) is 4.99 Å². The van der Waals surface area contributed by atoms with Crippen LogP contribution < -0.4 is 11.1 Å². The Bertz CT molecular complexity index is 480. The molecule has 120 valence electrons. The van der Waals surface area contributed by atoms with E-state index in [4.69, 9.17) is 11.1 Å². The van der Waals surface area contributed by atoms with Crippen LogP contribution in [-0.2, 0) is 4.79 Å². The molecule has 0 saturated heterocycles. The number of carbonyl (C=O) groups is 1. The Kier molecular flexibility index (Phi) is 8.69. The lowest BCUT2D eigenvalue weighted by Gasteiger charge is -2.09. The van der Waals surface area contributed by atoms with Gasteiger partial charge in [0.25, 0.3) is 5.91 Å². The molecule has 0 aromatic heterocycles. The van der Waals surface area contributed by atoms with E-state index in [1.165, 1.54) is 6.20 Å². The van der Waals surface area contributed by atoms with E-state index in [9.17, 15) is 4.79 Å². The molecule has 5 nitrogen and oxygen atoms in total. The Labute approximate surface area is 130 Å². The van der Waals surface area contributed by atoms with Gasteiger partial charge in [-0.1, -0.05) is 33.9 Å². The van der Waals surface area contributed by atoms with Crippen molar-refractivity contribution in [3.63, 3.8) is 0 Å². The lowest BCUT2D eigenvalue weighted by atomic mass is 10.1. The smallest absolute Gasteiger partial charge is 0.250 e. The van der Waals surface area contributed by atoms with Gasteiger partial charge in [0.2, 0.25) is 0 Å². The first-order valence-corrected chi connectivity index (χ1v) is 7.23. The molecule has 1 aliphatic carbocycles. The van der Waals surface area contributed by atoms with Gasteiger partial charge in [-0.15, -0.1) is 0 Å². The quantitative estimate of drug-likeness (QED) is 0.496. The third-order valence-electron chi connectivity index (χ3n) is 2.77. The predicted molar refractivity (Wildman–Crippen MR) is 93.5 cm³/mol. The fraction of sp³-hybridized carbons (Fsp3) is 0.438. The van der Waals surface area contributed by atoms with Gasteiger partial charge < -0.3 is 11.1 Å². The van der Waals surface area contributed by atoms with Crippen molar-refractivity contribution >= 4 is 17.5 Å². The van der Waals surface area contributed by atoms with Gasteiger partial charge in [-0.05, 0) is 37.1 Å². The number of carbonyl (C=O) groups excluding carboxylic acids is 1. The third kappa shape index (κ3) is 6.70. The number of aliphatic imine (C=N–C) groups is 1. The normalized spacial score (nSPS) is 14.6. The first-order valence-electron chi connectivity index (χ1n) is 7.23. The maximum Gasteiger partial charge on any atom is 0.250 e. The summed E-state index contributed by atoms with van der Waals surface area (Å²) in [4.78, 5) is 15.3. The Hall–Kier alpha value is -2.17. The number of amidine groups is 1. The van der Waals surface area contributed by atoms with E-state index < -0.39 is 0 Å². The van der Waals surface area contributed by atoms with Gasteiger partial charge in [0.05, 0.1) is 11.4 Å². The molecule has 1 saturated carbocycles. The molecule has 1 rings (SSSR count). The summed E-state index contributed by atoms with van der Waals surface area (Å²) >= 11 is 0. The molecule has 0 radical (unpaired) electrons. The first-order chi connectivity index (χ1) is 9.99. The summed E-state index contributed by atoms with van der Waals surface area (Å²) in [7, 11) is 0. The number of allylic oxidation sites excluding steroid dienone is 1. The van der Waals surface area contributed by atoms with Crippen molar-refractivity contribution in [2.45, 2.75) is 40.0 Å². The minimum atomic E-state index is -0.168. The summed E-state index contributed by atoms with van der Waals surface area (Å²) in [5, 5.41) is 10.7. The molecule has 0 spiro atoms. The van der Waals surface area contributed by atoms with Crippen LogP contribution >= 0.6 is 0 Å². The van der Waals surface area contributed by atoms with Crippen molar-refractivity contribution in [3.8, 4) is 0 Å². The van der Waals surface area contributed by atoms with Gasteiger partial charge in [0, 0.05) is 8.77 Å². The summed E-state index contributed by atoms with van der Waals surface area (Å²) in [6.07, 6.45) is 5.41. The lowest BCUT2D eigenvalue weighted by molar-refractivity contribution is -0.118. The monoisotopic (exact) mass is 294 g/mol. The van der Waals surface area contributed by atoms with E-state index in [1.54, 1.807) is 6.08 Å². The van der Waals surface area contributed by atoms with Crippen LogP contribution in [0.25, 0.3) is 0 Å². The summed E-state index contributed by atoms with van der Waals surface area (Å²) in [5.41, 5.74) is 7.06. The molecule has 4 N–H and O–H groups in total.